The van der Waals surface area contributed by atoms with E-state index in [2.05, 4.69) is 11.2 Å². The van der Waals surface area contributed by atoms with Crippen LogP contribution in [-0.2, 0) is 9.59 Å². The lowest BCUT2D eigenvalue weighted by molar-refractivity contribution is -0.126. The predicted molar refractivity (Wildman–Crippen MR) is 124 cm³/mol. The molecule has 2 aromatic rings. The summed E-state index contributed by atoms with van der Waals surface area (Å²) in [7, 11) is 0. The molecule has 0 saturated carbocycles. The Morgan fingerprint density at radius 3 is 2.39 bits per heavy atom. The van der Waals surface area contributed by atoms with E-state index in [0.29, 0.717) is 48.0 Å². The number of rotatable bonds is 9. The van der Waals surface area contributed by atoms with Crippen LogP contribution in [0.5, 0.6) is 11.5 Å². The van der Waals surface area contributed by atoms with Gasteiger partial charge in [0.05, 0.1) is 6.54 Å². The number of ketones is 1. The summed E-state index contributed by atoms with van der Waals surface area (Å²) < 4.78 is 24.5. The van der Waals surface area contributed by atoms with Crippen LogP contribution >= 0.6 is 11.6 Å². The third kappa shape index (κ3) is 7.21. The van der Waals surface area contributed by atoms with Gasteiger partial charge in [-0.2, -0.15) is 0 Å². The molecule has 1 N–H and O–H groups in total. The van der Waals surface area contributed by atoms with Crippen molar-refractivity contribution in [1.29, 1.82) is 0 Å². The molecule has 1 amide bonds. The van der Waals surface area contributed by atoms with Gasteiger partial charge >= 0.3 is 0 Å². The van der Waals surface area contributed by atoms with E-state index >= 15 is 0 Å². The molecule has 3 rings (SSSR count). The zero-order valence-corrected chi connectivity index (χ0v) is 19.2. The molecule has 0 aliphatic carbocycles. The first-order valence-electron chi connectivity index (χ1n) is 10.6. The number of piperidine rings is 1. The van der Waals surface area contributed by atoms with Crippen molar-refractivity contribution in [2.75, 3.05) is 32.8 Å². The third-order valence-electron chi connectivity index (χ3n) is 5.49. The summed E-state index contributed by atoms with van der Waals surface area (Å²) in [4.78, 5) is 26.6. The molecule has 6 nitrogen and oxygen atoms in total. The highest BCUT2D eigenvalue weighted by Gasteiger charge is 2.34. The minimum absolute atomic E-state index is 0.121. The zero-order chi connectivity index (χ0) is 23.8. The first kappa shape index (κ1) is 24.6. The molecule has 0 spiro atoms. The monoisotopic (exact) mass is 472 g/mol. The van der Waals surface area contributed by atoms with Gasteiger partial charge < -0.3 is 14.8 Å². The number of hydrogen-bond donors (Lipinski definition) is 1. The van der Waals surface area contributed by atoms with Gasteiger partial charge in [-0.1, -0.05) is 23.6 Å². The summed E-state index contributed by atoms with van der Waals surface area (Å²) in [6, 6.07) is 11.2. The van der Waals surface area contributed by atoms with Gasteiger partial charge in [0, 0.05) is 24.2 Å². The fourth-order valence-corrected chi connectivity index (χ4v) is 3.63. The summed E-state index contributed by atoms with van der Waals surface area (Å²) in [5.74, 6) is 2.75. The minimum Gasteiger partial charge on any atom is -0.486 e. The topological polar surface area (TPSA) is 67.9 Å². The second-order valence-corrected chi connectivity index (χ2v) is 8.47. The molecule has 8 heteroatoms. The van der Waals surface area contributed by atoms with Gasteiger partial charge in [0.25, 0.3) is 5.91 Å². The van der Waals surface area contributed by atoms with E-state index in [0.717, 1.165) is 0 Å². The SMILES string of the molecule is C#CC1(NC(=O)COc2ccc(Cl)cc2)CCN(CC(=O)COc2ccc(C)c(F)c2)CC1. The zero-order valence-electron chi connectivity index (χ0n) is 18.4. The number of nitrogens with zero attached hydrogens (tertiary/aromatic N) is 1. The molecule has 1 aliphatic heterocycles. The summed E-state index contributed by atoms with van der Waals surface area (Å²) in [6.45, 7) is 2.65. The van der Waals surface area contributed by atoms with Crippen LogP contribution in [0.2, 0.25) is 5.02 Å². The maximum atomic E-state index is 13.6. The number of terminal acetylenes is 1. The number of Topliss-reactive ketones (excluding diaryl/α,β-unsaturated/α-hetero) is 1. The van der Waals surface area contributed by atoms with Crippen molar-refractivity contribution >= 4 is 23.3 Å². The standard InChI is InChI=1S/C25H26ClFN2O4/c1-3-25(28-24(31)17-33-21-8-5-19(26)6-9-21)10-12-29(13-11-25)15-20(30)16-32-22-7-4-18(2)23(27)14-22/h1,4-9,14H,10-13,15-17H2,2H3,(H,28,31). The van der Waals surface area contributed by atoms with Gasteiger partial charge in [-0.3, -0.25) is 14.5 Å². The number of amides is 1. The van der Waals surface area contributed by atoms with Crippen LogP contribution in [0.1, 0.15) is 18.4 Å². The molecule has 0 aromatic heterocycles. The third-order valence-corrected chi connectivity index (χ3v) is 5.74. The number of halogens is 2. The Morgan fingerprint density at radius 1 is 1.12 bits per heavy atom. The summed E-state index contributed by atoms with van der Waals surface area (Å²) >= 11 is 5.84. The molecule has 1 heterocycles. The Morgan fingerprint density at radius 2 is 1.76 bits per heavy atom. The average Bonchev–Trinajstić information content (AvgIpc) is 2.81. The van der Waals surface area contributed by atoms with Crippen LogP contribution in [-0.4, -0.2) is 55.0 Å². The molecule has 2 aromatic carbocycles. The van der Waals surface area contributed by atoms with Gasteiger partial charge in [-0.05, 0) is 55.7 Å². The maximum Gasteiger partial charge on any atom is 0.259 e. The molecule has 1 aliphatic rings. The molecule has 33 heavy (non-hydrogen) atoms. The van der Waals surface area contributed by atoms with Crippen molar-refractivity contribution in [1.82, 2.24) is 10.2 Å². The van der Waals surface area contributed by atoms with E-state index in [-0.39, 0.29) is 37.3 Å². The summed E-state index contributed by atoms with van der Waals surface area (Å²) in [5, 5.41) is 3.48. The molecule has 0 unspecified atom stereocenters. The van der Waals surface area contributed by atoms with Gasteiger partial charge in [-0.15, -0.1) is 6.42 Å². The lowest BCUT2D eigenvalue weighted by Gasteiger charge is -2.38. The fraction of sp³-hybridized carbons (Fsp3) is 0.360. The Hall–Kier alpha value is -3.08. The van der Waals surface area contributed by atoms with Crippen molar-refractivity contribution in [3.8, 4) is 23.8 Å². The highest BCUT2D eigenvalue weighted by atomic mass is 35.5. The number of nitrogens with one attached hydrogen (secondary N) is 1. The van der Waals surface area contributed by atoms with Crippen LogP contribution in [0.3, 0.4) is 0 Å². The van der Waals surface area contributed by atoms with Crippen LogP contribution in [0.25, 0.3) is 0 Å². The highest BCUT2D eigenvalue weighted by molar-refractivity contribution is 6.30. The summed E-state index contributed by atoms with van der Waals surface area (Å²) in [6.07, 6.45) is 6.75. The first-order valence-corrected chi connectivity index (χ1v) is 11.0. The van der Waals surface area contributed by atoms with Crippen LogP contribution in [0.15, 0.2) is 42.5 Å². The number of hydrogen-bond acceptors (Lipinski definition) is 5. The number of carbonyl (C=O) groups excluding carboxylic acids is 2. The van der Waals surface area contributed by atoms with Crippen molar-refractivity contribution in [2.24, 2.45) is 0 Å². The quantitative estimate of drug-likeness (QED) is 0.566. The number of benzene rings is 2. The second kappa shape index (κ2) is 11.2. The molecule has 1 fully saturated rings. The molecule has 0 atom stereocenters. The highest BCUT2D eigenvalue weighted by Crippen LogP contribution is 2.22. The molecule has 0 radical (unpaired) electrons. The maximum absolute atomic E-state index is 13.6. The Bertz CT molecular complexity index is 1030. The molecular formula is C25H26ClFN2O4. The smallest absolute Gasteiger partial charge is 0.259 e. The first-order chi connectivity index (χ1) is 15.8. The van der Waals surface area contributed by atoms with Gasteiger partial charge in [0.2, 0.25) is 0 Å². The Kier molecular flexibility index (Phi) is 8.32. The van der Waals surface area contributed by atoms with Crippen LogP contribution < -0.4 is 14.8 Å². The minimum atomic E-state index is -0.782. The molecule has 174 valence electrons. The second-order valence-electron chi connectivity index (χ2n) is 8.03. The summed E-state index contributed by atoms with van der Waals surface area (Å²) in [5.41, 5.74) is -0.266. The number of carbonyl (C=O) groups is 2. The van der Waals surface area contributed by atoms with E-state index < -0.39 is 5.54 Å². The van der Waals surface area contributed by atoms with E-state index in [9.17, 15) is 14.0 Å². The largest absolute Gasteiger partial charge is 0.486 e. The molecule has 0 bridgehead atoms. The normalized spacial score (nSPS) is 15.3. The van der Waals surface area contributed by atoms with Crippen molar-refractivity contribution in [3.05, 3.63) is 58.9 Å². The van der Waals surface area contributed by atoms with Crippen LogP contribution in [0, 0.1) is 25.1 Å². The fourth-order valence-electron chi connectivity index (χ4n) is 3.50. The van der Waals surface area contributed by atoms with Crippen molar-refractivity contribution < 1.29 is 23.5 Å². The number of ether oxygens (including phenoxy) is 2. The van der Waals surface area contributed by atoms with E-state index in [1.165, 1.54) is 6.07 Å². The van der Waals surface area contributed by atoms with E-state index in [4.69, 9.17) is 27.5 Å². The Labute approximate surface area is 198 Å². The van der Waals surface area contributed by atoms with Crippen molar-refractivity contribution in [3.63, 3.8) is 0 Å². The Balaban J connectivity index is 1.42. The number of aryl methyl sites for hydroxylation is 1. The molecule has 1 saturated heterocycles. The van der Waals surface area contributed by atoms with Crippen molar-refractivity contribution in [2.45, 2.75) is 25.3 Å². The molecular weight excluding hydrogens is 447 g/mol. The average molecular weight is 473 g/mol. The lowest BCUT2D eigenvalue weighted by atomic mass is 9.88. The van der Waals surface area contributed by atoms with Gasteiger partial charge in [-0.25, -0.2) is 4.39 Å². The predicted octanol–water partition coefficient (Wildman–Crippen LogP) is 3.40. The lowest BCUT2D eigenvalue weighted by Crippen LogP contribution is -2.56. The van der Waals surface area contributed by atoms with Gasteiger partial charge in [0.1, 0.15) is 29.5 Å². The number of likely N-dealkylation sites (tertiary alicyclic amines) is 1. The van der Waals surface area contributed by atoms with E-state index in [1.54, 1.807) is 43.3 Å². The van der Waals surface area contributed by atoms with Gasteiger partial charge in [0.15, 0.2) is 12.4 Å². The van der Waals surface area contributed by atoms with Crippen LogP contribution in [0.4, 0.5) is 4.39 Å². The van der Waals surface area contributed by atoms with E-state index in [1.807, 2.05) is 4.90 Å².